The first-order valence-electron chi connectivity index (χ1n) is 5.46. The van der Waals surface area contributed by atoms with Gasteiger partial charge in [-0.1, -0.05) is 5.21 Å². The smallest absolute Gasteiger partial charge is 0.227 e. The Balaban J connectivity index is 2.53. The molecule has 1 heterocycles. The van der Waals surface area contributed by atoms with Crippen LogP contribution in [0.5, 0.6) is 11.5 Å². The topological polar surface area (TPSA) is 83.3 Å². The Morgan fingerprint density at radius 2 is 1.80 bits per heavy atom. The van der Waals surface area contributed by atoms with Crippen molar-refractivity contribution >= 4 is 24.9 Å². The molecule has 20 heavy (non-hydrogen) atoms. The zero-order valence-corrected chi connectivity index (χ0v) is 11.7. The normalized spacial score (nSPS) is 11.1. The van der Waals surface area contributed by atoms with Crippen LogP contribution in [0.3, 0.4) is 0 Å². The summed E-state index contributed by atoms with van der Waals surface area (Å²) in [5.41, 5.74) is 0. The highest BCUT2D eigenvalue weighted by molar-refractivity contribution is 7.91. The van der Waals surface area contributed by atoms with Crippen LogP contribution in [0, 0.1) is 0 Å². The van der Waals surface area contributed by atoms with E-state index in [9.17, 15) is 8.42 Å². The monoisotopic (exact) mass is 290 g/mol. The first-order chi connectivity index (χ1) is 9.51. The van der Waals surface area contributed by atoms with Gasteiger partial charge in [0.15, 0.2) is 0 Å². The Hall–Kier alpha value is -1.96. The van der Waals surface area contributed by atoms with Gasteiger partial charge >= 0.3 is 0 Å². The molecule has 0 bridgehead atoms. The molecular formula is C10H10B2N3O4S. The Kier molecular flexibility index (Phi) is 4.03. The molecule has 0 fully saturated rings. The lowest BCUT2D eigenvalue weighted by atomic mass is 9.67. The summed E-state index contributed by atoms with van der Waals surface area (Å²) in [5, 5.41) is 6.92. The van der Waals surface area contributed by atoms with Gasteiger partial charge in [-0.15, -0.1) is 5.10 Å². The molecule has 0 saturated heterocycles. The van der Waals surface area contributed by atoms with Crippen LogP contribution >= 0.6 is 0 Å². The second-order valence-corrected chi connectivity index (χ2v) is 5.63. The quantitative estimate of drug-likeness (QED) is 0.702. The van der Waals surface area contributed by atoms with Gasteiger partial charge in [0.2, 0.25) is 22.2 Å². The van der Waals surface area contributed by atoms with Crippen molar-refractivity contribution in [2.24, 2.45) is 0 Å². The third-order valence-electron chi connectivity index (χ3n) is 2.55. The molecule has 0 atom stereocenters. The Labute approximate surface area is 118 Å². The molecule has 0 unspecified atom stereocenters. The van der Waals surface area contributed by atoms with Crippen molar-refractivity contribution in [3.63, 3.8) is 0 Å². The fraction of sp³-hybridized carbons (Fsp3) is 0.200. The van der Waals surface area contributed by atoms with Crippen LogP contribution in [-0.2, 0) is 9.84 Å². The third-order valence-corrected chi connectivity index (χ3v) is 4.15. The predicted octanol–water partition coefficient (Wildman–Crippen LogP) is -0.321. The van der Waals surface area contributed by atoms with Gasteiger partial charge in [0.1, 0.15) is 11.5 Å². The van der Waals surface area contributed by atoms with Crippen LogP contribution in [0.2, 0.25) is 0 Å². The van der Waals surface area contributed by atoms with Crippen molar-refractivity contribution in [3.05, 3.63) is 24.4 Å². The molecular weight excluding hydrogens is 280 g/mol. The molecule has 0 N–H and O–H groups in total. The molecule has 0 saturated carbocycles. The lowest BCUT2D eigenvalue weighted by molar-refractivity contribution is 0.392. The summed E-state index contributed by atoms with van der Waals surface area (Å²) in [5.74, 6) is 0.724. The van der Waals surface area contributed by atoms with Gasteiger partial charge in [0.25, 0.3) is 0 Å². The number of rotatable bonds is 5. The fourth-order valence-electron chi connectivity index (χ4n) is 1.51. The van der Waals surface area contributed by atoms with Crippen LogP contribution < -0.4 is 9.47 Å². The first kappa shape index (κ1) is 14.4. The molecule has 101 valence electrons. The average Bonchev–Trinajstić information content (AvgIpc) is 2.96. The van der Waals surface area contributed by atoms with E-state index in [4.69, 9.17) is 17.2 Å². The number of aromatic nitrogens is 3. The largest absolute Gasteiger partial charge is 0.497 e. The van der Waals surface area contributed by atoms with Gasteiger partial charge in [-0.3, -0.25) is 0 Å². The molecule has 2 aromatic rings. The van der Waals surface area contributed by atoms with Crippen LogP contribution in [0.15, 0.2) is 34.3 Å². The molecule has 7 nitrogen and oxygen atoms in total. The van der Waals surface area contributed by atoms with Crippen molar-refractivity contribution in [3.8, 4) is 11.5 Å². The number of methoxy groups -OCH3 is 2. The molecule has 0 aliphatic rings. The summed E-state index contributed by atoms with van der Waals surface area (Å²) >= 11 is 0. The zero-order chi connectivity index (χ0) is 14.8. The van der Waals surface area contributed by atoms with E-state index >= 15 is 0 Å². The number of hydrogen-bond acceptors (Lipinski definition) is 6. The summed E-state index contributed by atoms with van der Waals surface area (Å²) in [4.78, 5) is -0.00206. The molecule has 1 aromatic heterocycles. The number of benzene rings is 1. The van der Waals surface area contributed by atoms with E-state index in [1.165, 1.54) is 32.5 Å². The molecule has 1 aromatic carbocycles. The Morgan fingerprint density at radius 1 is 1.20 bits per heavy atom. The van der Waals surface area contributed by atoms with E-state index in [-0.39, 0.29) is 9.92 Å². The van der Waals surface area contributed by atoms with Crippen LogP contribution in [0.1, 0.15) is 0 Å². The molecule has 10 heteroatoms. The van der Waals surface area contributed by atoms with Crippen molar-refractivity contribution in [2.45, 2.75) is 9.92 Å². The number of sulfone groups is 1. The zero-order valence-electron chi connectivity index (χ0n) is 10.8. The molecule has 0 spiro atoms. The first-order valence-corrected chi connectivity index (χ1v) is 6.94. The van der Waals surface area contributed by atoms with Gasteiger partial charge < -0.3 is 14.1 Å². The maximum atomic E-state index is 12.4. The molecule has 0 amide bonds. The fourth-order valence-corrected chi connectivity index (χ4v) is 2.69. The van der Waals surface area contributed by atoms with E-state index in [2.05, 4.69) is 10.3 Å². The minimum absolute atomic E-state index is 0.00206. The SMILES string of the molecule is [B][B]n1cc(S(=O)(=O)c2cc(OC)cc(OC)c2)nn1. The van der Waals surface area contributed by atoms with Crippen LogP contribution in [-0.4, -0.2) is 52.6 Å². The summed E-state index contributed by atoms with van der Waals surface area (Å²) in [6.45, 7) is 0. The molecule has 3 radical (unpaired) electrons. The number of hydrogen-bond donors (Lipinski definition) is 0. The highest BCUT2D eigenvalue weighted by Gasteiger charge is 2.23. The van der Waals surface area contributed by atoms with E-state index in [1.54, 1.807) is 6.07 Å². The van der Waals surface area contributed by atoms with E-state index < -0.39 is 9.84 Å². The highest BCUT2D eigenvalue weighted by atomic mass is 32.2. The number of ether oxygens (including phenoxy) is 2. The summed E-state index contributed by atoms with van der Waals surface area (Å²) in [6, 6.07) is 4.33. The van der Waals surface area contributed by atoms with Crippen LogP contribution in [0.25, 0.3) is 0 Å². The summed E-state index contributed by atoms with van der Waals surface area (Å²) < 4.78 is 36.0. The predicted molar refractivity (Wildman–Crippen MR) is 71.9 cm³/mol. The van der Waals surface area contributed by atoms with Crippen LogP contribution in [0.4, 0.5) is 0 Å². The van der Waals surface area contributed by atoms with Crippen molar-refractivity contribution < 1.29 is 17.9 Å². The van der Waals surface area contributed by atoms with Crippen molar-refractivity contribution in [1.82, 2.24) is 14.9 Å². The van der Waals surface area contributed by atoms with Gasteiger partial charge in [-0.25, -0.2) is 8.42 Å². The van der Waals surface area contributed by atoms with Gasteiger partial charge in [0.05, 0.1) is 19.1 Å². The van der Waals surface area contributed by atoms with Crippen molar-refractivity contribution in [2.75, 3.05) is 14.2 Å². The van der Waals surface area contributed by atoms with Gasteiger partial charge in [-0.05, 0) is 12.1 Å². The second-order valence-electron chi connectivity index (χ2n) is 3.74. The lowest BCUT2D eigenvalue weighted by Crippen LogP contribution is -2.06. The van der Waals surface area contributed by atoms with E-state index in [0.29, 0.717) is 11.5 Å². The number of nitrogens with zero attached hydrogens (tertiary/aromatic N) is 3. The third kappa shape index (κ3) is 2.64. The maximum Gasteiger partial charge on any atom is 0.227 e. The average molecular weight is 290 g/mol. The molecule has 0 aliphatic heterocycles. The summed E-state index contributed by atoms with van der Waals surface area (Å²) in [6.07, 6.45) is 1.21. The minimum atomic E-state index is -3.82. The van der Waals surface area contributed by atoms with Gasteiger partial charge in [-0.2, -0.15) is 0 Å². The van der Waals surface area contributed by atoms with Gasteiger partial charge in [0, 0.05) is 20.0 Å². The second kappa shape index (κ2) is 5.58. The lowest BCUT2D eigenvalue weighted by Gasteiger charge is -2.07. The molecule has 0 aliphatic carbocycles. The maximum absolute atomic E-state index is 12.4. The minimum Gasteiger partial charge on any atom is -0.497 e. The standard InChI is InChI=1S/C10H10B2N3O4S/c1-18-7-3-8(19-2)5-9(4-7)20(16,17)10-6-15(12-11)14-13-10/h3-6H,1-2H3. The summed E-state index contributed by atoms with van der Waals surface area (Å²) in [7, 11) is 5.38. The van der Waals surface area contributed by atoms with E-state index in [0.717, 1.165) is 11.9 Å². The Bertz CT molecular complexity index is 695. The highest BCUT2D eigenvalue weighted by Crippen LogP contribution is 2.28. The molecule has 2 rings (SSSR count). The van der Waals surface area contributed by atoms with E-state index in [1.807, 2.05) is 0 Å². The Morgan fingerprint density at radius 3 is 2.25 bits per heavy atom. The van der Waals surface area contributed by atoms with Crippen molar-refractivity contribution in [1.29, 1.82) is 0 Å².